The predicted octanol–water partition coefficient (Wildman–Crippen LogP) is 11.3. The van der Waals surface area contributed by atoms with Gasteiger partial charge >= 0.3 is 0 Å². The van der Waals surface area contributed by atoms with E-state index >= 15 is 0 Å². The van der Waals surface area contributed by atoms with E-state index in [2.05, 4.69) is 150 Å². The third kappa shape index (κ3) is 5.09. The van der Waals surface area contributed by atoms with Crippen LogP contribution in [0.5, 0.6) is 0 Å². The van der Waals surface area contributed by atoms with Crippen LogP contribution in [0.25, 0.3) is 55.3 Å². The molecular weight excluding hydrogens is 583 g/mol. The maximum absolute atomic E-state index is 10.2. The molecule has 1 aliphatic carbocycles. The number of aromatic nitrogens is 1. The topological polar surface area (TPSA) is 52.5 Å². The van der Waals surface area contributed by atoms with Crippen molar-refractivity contribution in [2.45, 2.75) is 19.3 Å². The average molecular weight is 614 g/mol. The molecule has 1 aromatic heterocycles. The van der Waals surface area contributed by atoms with E-state index in [0.717, 1.165) is 50.6 Å². The molecular formula is C45H31N3. The molecule has 0 amide bonds. The van der Waals surface area contributed by atoms with E-state index in [1.54, 1.807) is 6.07 Å². The minimum Gasteiger partial charge on any atom is -0.308 e. The molecule has 1 unspecified atom stereocenters. The van der Waals surface area contributed by atoms with E-state index in [4.69, 9.17) is 0 Å². The molecule has 48 heavy (non-hydrogen) atoms. The molecule has 0 bridgehead atoms. The summed E-state index contributed by atoms with van der Waals surface area (Å²) in [6, 6.07) is 51.2. The third-order valence-electron chi connectivity index (χ3n) is 9.52. The fraction of sp³-hybridized carbons (Fsp3) is 0.0667. The summed E-state index contributed by atoms with van der Waals surface area (Å²) in [5.74, 6) is 0.264. The fourth-order valence-corrected chi connectivity index (χ4v) is 7.12. The van der Waals surface area contributed by atoms with E-state index < -0.39 is 0 Å². The predicted molar refractivity (Wildman–Crippen MR) is 197 cm³/mol. The lowest BCUT2D eigenvalue weighted by atomic mass is 9.87. The SMILES string of the molecule is Cc1cc(C#N)cc(C#N)c1-n1c2ccc(-c3ccc(-c4ccccc4)cc3)cc2c2cc(C3C=CC(c4ccccc4)=CC3)ccc21. The molecule has 8 rings (SSSR count). The van der Waals surface area contributed by atoms with Crippen molar-refractivity contribution in [2.24, 2.45) is 0 Å². The van der Waals surface area contributed by atoms with Crippen molar-refractivity contribution in [3.05, 3.63) is 180 Å². The number of hydrogen-bond donors (Lipinski definition) is 0. The number of allylic oxidation sites excluding steroid dienone is 4. The van der Waals surface area contributed by atoms with Crippen LogP contribution in [-0.4, -0.2) is 4.57 Å². The average Bonchev–Trinajstić information content (AvgIpc) is 3.47. The molecule has 0 aliphatic heterocycles. The highest BCUT2D eigenvalue weighted by molar-refractivity contribution is 6.11. The molecule has 0 fully saturated rings. The van der Waals surface area contributed by atoms with Crippen LogP contribution in [0.3, 0.4) is 0 Å². The van der Waals surface area contributed by atoms with Gasteiger partial charge in [-0.15, -0.1) is 0 Å². The van der Waals surface area contributed by atoms with Gasteiger partial charge in [0.1, 0.15) is 6.07 Å². The van der Waals surface area contributed by atoms with Crippen LogP contribution in [0, 0.1) is 29.6 Å². The number of hydrogen-bond acceptors (Lipinski definition) is 2. The van der Waals surface area contributed by atoms with E-state index in [9.17, 15) is 10.5 Å². The molecule has 3 nitrogen and oxygen atoms in total. The maximum Gasteiger partial charge on any atom is 0.101 e. The first-order valence-electron chi connectivity index (χ1n) is 16.2. The van der Waals surface area contributed by atoms with Crippen LogP contribution < -0.4 is 0 Å². The summed E-state index contributed by atoms with van der Waals surface area (Å²) in [6.07, 6.45) is 7.83. The van der Waals surface area contributed by atoms with Gasteiger partial charge in [0.05, 0.1) is 33.9 Å². The number of nitrogens with zero attached hydrogens (tertiary/aromatic N) is 3. The van der Waals surface area contributed by atoms with Gasteiger partial charge in [0.2, 0.25) is 0 Å². The number of nitriles is 2. The molecule has 3 heteroatoms. The van der Waals surface area contributed by atoms with Crippen LogP contribution in [0.2, 0.25) is 0 Å². The highest BCUT2D eigenvalue weighted by Crippen LogP contribution is 2.40. The number of aryl methyl sites for hydroxylation is 1. The Morgan fingerprint density at radius 1 is 0.604 bits per heavy atom. The first-order valence-corrected chi connectivity index (χ1v) is 16.2. The highest BCUT2D eigenvalue weighted by atomic mass is 15.0. The van der Waals surface area contributed by atoms with Crippen LogP contribution in [0.1, 0.15) is 40.2 Å². The quantitative estimate of drug-likeness (QED) is 0.194. The molecule has 7 aromatic rings. The molecule has 0 saturated heterocycles. The van der Waals surface area contributed by atoms with Gasteiger partial charge in [-0.25, -0.2) is 0 Å². The van der Waals surface area contributed by atoms with Gasteiger partial charge in [-0.1, -0.05) is 115 Å². The molecule has 0 radical (unpaired) electrons. The minimum absolute atomic E-state index is 0.264. The normalized spacial score (nSPS) is 14.1. The van der Waals surface area contributed by atoms with Gasteiger partial charge in [-0.05, 0) is 94.3 Å². The lowest BCUT2D eigenvalue weighted by Gasteiger charge is -2.18. The zero-order valence-electron chi connectivity index (χ0n) is 26.6. The van der Waals surface area contributed by atoms with Gasteiger partial charge in [0.25, 0.3) is 0 Å². The second-order valence-electron chi connectivity index (χ2n) is 12.4. The molecule has 1 heterocycles. The van der Waals surface area contributed by atoms with Gasteiger partial charge in [0.15, 0.2) is 0 Å². The molecule has 1 aliphatic rings. The largest absolute Gasteiger partial charge is 0.308 e. The molecule has 0 saturated carbocycles. The maximum atomic E-state index is 10.2. The van der Waals surface area contributed by atoms with E-state index in [0.29, 0.717) is 11.1 Å². The molecule has 6 aromatic carbocycles. The van der Waals surface area contributed by atoms with E-state index in [-0.39, 0.29) is 5.92 Å². The molecule has 0 spiro atoms. The van der Waals surface area contributed by atoms with Gasteiger partial charge in [0, 0.05) is 16.7 Å². The fourth-order valence-electron chi connectivity index (χ4n) is 7.12. The van der Waals surface area contributed by atoms with Crippen molar-refractivity contribution < 1.29 is 0 Å². The zero-order valence-corrected chi connectivity index (χ0v) is 26.6. The summed E-state index contributed by atoms with van der Waals surface area (Å²) < 4.78 is 2.20. The lowest BCUT2D eigenvalue weighted by Crippen LogP contribution is -2.02. The first kappa shape index (κ1) is 29.0. The molecule has 226 valence electrons. The van der Waals surface area contributed by atoms with E-state index in [1.807, 2.05) is 19.1 Å². The van der Waals surface area contributed by atoms with Crippen molar-refractivity contribution in [3.8, 4) is 40.1 Å². The van der Waals surface area contributed by atoms with Crippen LogP contribution in [-0.2, 0) is 0 Å². The third-order valence-corrected chi connectivity index (χ3v) is 9.52. The second-order valence-corrected chi connectivity index (χ2v) is 12.4. The Hall–Kier alpha value is -6.42. The minimum atomic E-state index is 0.264. The summed E-state index contributed by atoms with van der Waals surface area (Å²) in [4.78, 5) is 0. The summed E-state index contributed by atoms with van der Waals surface area (Å²) in [7, 11) is 0. The lowest BCUT2D eigenvalue weighted by molar-refractivity contribution is 0.858. The standard InChI is InChI=1S/C45H31N3/c1-30-24-31(28-46)25-40(29-47)45(30)48-43-22-20-38(36-16-12-34(13-17-36)32-8-4-2-5-9-32)26-41(43)42-27-39(21-23-44(42)48)37-18-14-35(15-19-37)33-10-6-3-7-11-33/h2-18,20-27,37H,19H2,1H3. The van der Waals surface area contributed by atoms with Gasteiger partial charge in [-0.2, -0.15) is 10.5 Å². The Kier molecular flexibility index (Phi) is 7.29. The van der Waals surface area contributed by atoms with Crippen LogP contribution >= 0.6 is 0 Å². The Morgan fingerprint density at radius 3 is 1.85 bits per heavy atom. The Morgan fingerprint density at radius 2 is 1.21 bits per heavy atom. The van der Waals surface area contributed by atoms with Crippen LogP contribution in [0.15, 0.2) is 152 Å². The molecule has 1 atom stereocenters. The zero-order chi connectivity index (χ0) is 32.6. The summed E-state index contributed by atoms with van der Waals surface area (Å²) in [5.41, 5.74) is 13.2. The van der Waals surface area contributed by atoms with Crippen molar-refractivity contribution in [3.63, 3.8) is 0 Å². The van der Waals surface area contributed by atoms with E-state index in [1.165, 1.54) is 27.8 Å². The molecule has 0 N–H and O–H groups in total. The number of fused-ring (bicyclic) bond motifs is 3. The number of benzene rings is 6. The first-order chi connectivity index (χ1) is 23.6. The van der Waals surface area contributed by atoms with Crippen molar-refractivity contribution >= 4 is 27.4 Å². The number of rotatable bonds is 5. The van der Waals surface area contributed by atoms with Gasteiger partial charge in [-0.3, -0.25) is 0 Å². The highest BCUT2D eigenvalue weighted by Gasteiger charge is 2.20. The van der Waals surface area contributed by atoms with Crippen molar-refractivity contribution in [1.29, 1.82) is 10.5 Å². The summed E-state index contributed by atoms with van der Waals surface area (Å²) >= 11 is 0. The Labute approximate surface area is 280 Å². The van der Waals surface area contributed by atoms with Crippen LogP contribution in [0.4, 0.5) is 0 Å². The second kappa shape index (κ2) is 12.1. The summed E-state index contributed by atoms with van der Waals surface area (Å²) in [6.45, 7) is 1.98. The van der Waals surface area contributed by atoms with Crippen molar-refractivity contribution in [2.75, 3.05) is 0 Å². The monoisotopic (exact) mass is 613 g/mol. The smallest absolute Gasteiger partial charge is 0.101 e. The summed E-state index contributed by atoms with van der Waals surface area (Å²) in [5, 5.41) is 22.1. The Bertz CT molecular complexity index is 2480. The van der Waals surface area contributed by atoms with Gasteiger partial charge < -0.3 is 4.57 Å². The Balaban J connectivity index is 1.27. The van der Waals surface area contributed by atoms with Crippen molar-refractivity contribution in [1.82, 2.24) is 4.57 Å².